The van der Waals surface area contributed by atoms with Crippen LogP contribution in [0.2, 0.25) is 0 Å². The fourth-order valence-corrected chi connectivity index (χ4v) is 2.26. The van der Waals surface area contributed by atoms with Crippen molar-refractivity contribution in [2.24, 2.45) is 0 Å². The minimum atomic E-state index is -0.387. The Kier molecular flexibility index (Phi) is 6.49. The molecule has 0 aliphatic rings. The van der Waals surface area contributed by atoms with Gasteiger partial charge < -0.3 is 10.1 Å². The van der Waals surface area contributed by atoms with Crippen molar-refractivity contribution < 1.29 is 9.53 Å². The maximum absolute atomic E-state index is 11.8. The number of carbonyl (C=O) groups excluding carboxylic acids is 1. The lowest BCUT2D eigenvalue weighted by Gasteiger charge is -2.08. The third-order valence-electron chi connectivity index (χ3n) is 3.45. The zero-order valence-electron chi connectivity index (χ0n) is 13.0. The predicted molar refractivity (Wildman–Crippen MR) is 90.0 cm³/mol. The maximum atomic E-state index is 11.8. The summed E-state index contributed by atoms with van der Waals surface area (Å²) in [5.41, 5.74) is 2.14. The first kappa shape index (κ1) is 16.1. The van der Waals surface area contributed by atoms with E-state index in [0.717, 1.165) is 24.0 Å². The van der Waals surface area contributed by atoms with Gasteiger partial charge in [0, 0.05) is 6.54 Å². The summed E-state index contributed by atoms with van der Waals surface area (Å²) in [4.78, 5) is 11.8. The lowest BCUT2D eigenvalue weighted by Crippen LogP contribution is -2.27. The van der Waals surface area contributed by atoms with Crippen molar-refractivity contribution in [3.05, 3.63) is 54.6 Å². The van der Waals surface area contributed by atoms with Gasteiger partial charge >= 0.3 is 6.09 Å². The highest BCUT2D eigenvalue weighted by atomic mass is 16.6. The molecule has 1 amide bonds. The third-order valence-corrected chi connectivity index (χ3v) is 3.45. The molecule has 0 spiro atoms. The second-order valence-electron chi connectivity index (χ2n) is 5.27. The van der Waals surface area contributed by atoms with Gasteiger partial charge in [0.15, 0.2) is 0 Å². The molecule has 2 aromatic rings. The van der Waals surface area contributed by atoms with Crippen LogP contribution >= 0.6 is 0 Å². The van der Waals surface area contributed by atoms with E-state index in [1.54, 1.807) is 6.07 Å². The number of nitrogens with one attached hydrogen (secondary N) is 1. The van der Waals surface area contributed by atoms with Crippen LogP contribution in [0, 0.1) is 0 Å². The van der Waals surface area contributed by atoms with Crippen molar-refractivity contribution in [1.29, 1.82) is 0 Å². The molecule has 0 saturated heterocycles. The molecule has 22 heavy (non-hydrogen) atoms. The number of amides is 1. The van der Waals surface area contributed by atoms with Gasteiger partial charge in [-0.05, 0) is 29.7 Å². The van der Waals surface area contributed by atoms with Crippen molar-refractivity contribution in [3.8, 4) is 16.9 Å². The zero-order valence-corrected chi connectivity index (χ0v) is 13.0. The highest BCUT2D eigenvalue weighted by Gasteiger charge is 2.05. The van der Waals surface area contributed by atoms with E-state index in [4.69, 9.17) is 4.74 Å². The van der Waals surface area contributed by atoms with Crippen LogP contribution in [0.1, 0.15) is 32.6 Å². The Morgan fingerprint density at radius 2 is 1.73 bits per heavy atom. The Morgan fingerprint density at radius 3 is 2.50 bits per heavy atom. The fourth-order valence-electron chi connectivity index (χ4n) is 2.26. The highest BCUT2D eigenvalue weighted by molar-refractivity contribution is 5.72. The standard InChI is InChI=1S/C19H23NO2/c1-2-3-4-8-14-20-19(21)22-18-13-9-12-17(15-18)16-10-6-5-7-11-16/h5-7,9-13,15H,2-4,8,14H2,1H3,(H,20,21). The molecule has 116 valence electrons. The van der Waals surface area contributed by atoms with Crippen LogP contribution in [0.25, 0.3) is 11.1 Å². The van der Waals surface area contributed by atoms with Gasteiger partial charge in [-0.1, -0.05) is 68.7 Å². The van der Waals surface area contributed by atoms with Gasteiger partial charge in [-0.15, -0.1) is 0 Å². The molecule has 0 fully saturated rings. The average Bonchev–Trinajstić information content (AvgIpc) is 2.56. The molecule has 0 heterocycles. The Morgan fingerprint density at radius 1 is 0.955 bits per heavy atom. The number of benzene rings is 2. The lowest BCUT2D eigenvalue weighted by molar-refractivity contribution is 0.200. The van der Waals surface area contributed by atoms with Crippen LogP contribution in [-0.4, -0.2) is 12.6 Å². The molecule has 0 aliphatic heterocycles. The van der Waals surface area contributed by atoms with Gasteiger partial charge in [-0.2, -0.15) is 0 Å². The van der Waals surface area contributed by atoms with E-state index in [0.29, 0.717) is 12.3 Å². The Balaban J connectivity index is 1.86. The Labute approximate surface area is 132 Å². The maximum Gasteiger partial charge on any atom is 0.412 e. The van der Waals surface area contributed by atoms with Crippen LogP contribution in [0.5, 0.6) is 5.75 Å². The smallest absolute Gasteiger partial charge is 0.410 e. The number of hydrogen-bond donors (Lipinski definition) is 1. The molecule has 2 aromatic carbocycles. The molecule has 0 saturated carbocycles. The largest absolute Gasteiger partial charge is 0.412 e. The normalized spacial score (nSPS) is 10.2. The minimum Gasteiger partial charge on any atom is -0.410 e. The van der Waals surface area contributed by atoms with E-state index in [-0.39, 0.29) is 6.09 Å². The molecule has 2 rings (SSSR count). The topological polar surface area (TPSA) is 38.3 Å². The number of carbonyl (C=O) groups is 1. The van der Waals surface area contributed by atoms with E-state index in [1.165, 1.54) is 12.8 Å². The van der Waals surface area contributed by atoms with Crippen molar-refractivity contribution in [3.63, 3.8) is 0 Å². The van der Waals surface area contributed by atoms with Gasteiger partial charge in [0.05, 0.1) is 0 Å². The van der Waals surface area contributed by atoms with Crippen LogP contribution in [-0.2, 0) is 0 Å². The van der Waals surface area contributed by atoms with Crippen LogP contribution in [0.3, 0.4) is 0 Å². The molecule has 1 N–H and O–H groups in total. The van der Waals surface area contributed by atoms with Crippen molar-refractivity contribution in [2.75, 3.05) is 6.54 Å². The summed E-state index contributed by atoms with van der Waals surface area (Å²) in [6.07, 6.45) is 4.14. The molecule has 0 bridgehead atoms. The lowest BCUT2D eigenvalue weighted by atomic mass is 10.1. The summed E-state index contributed by atoms with van der Waals surface area (Å²) in [6, 6.07) is 17.6. The first-order chi connectivity index (χ1) is 10.8. The number of ether oxygens (including phenoxy) is 1. The van der Waals surface area contributed by atoms with E-state index >= 15 is 0 Å². The van der Waals surface area contributed by atoms with Gasteiger partial charge in [0.1, 0.15) is 5.75 Å². The summed E-state index contributed by atoms with van der Waals surface area (Å²) in [7, 11) is 0. The van der Waals surface area contributed by atoms with Crippen LogP contribution in [0.4, 0.5) is 4.79 Å². The fraction of sp³-hybridized carbons (Fsp3) is 0.316. The minimum absolute atomic E-state index is 0.387. The second kappa shape index (κ2) is 8.88. The molecule has 0 radical (unpaired) electrons. The molecule has 3 nitrogen and oxygen atoms in total. The van der Waals surface area contributed by atoms with Crippen LogP contribution < -0.4 is 10.1 Å². The molecule has 0 atom stereocenters. The molecule has 0 aliphatic carbocycles. The van der Waals surface area contributed by atoms with E-state index in [2.05, 4.69) is 12.2 Å². The van der Waals surface area contributed by atoms with Gasteiger partial charge in [-0.3, -0.25) is 0 Å². The third kappa shape index (κ3) is 5.24. The number of unbranched alkanes of at least 4 members (excludes halogenated alkanes) is 3. The molecule has 3 heteroatoms. The SMILES string of the molecule is CCCCCCNC(=O)Oc1cccc(-c2ccccc2)c1. The Hall–Kier alpha value is -2.29. The quantitative estimate of drug-likeness (QED) is 0.728. The summed E-state index contributed by atoms with van der Waals surface area (Å²) in [6.45, 7) is 2.83. The van der Waals surface area contributed by atoms with E-state index < -0.39 is 0 Å². The molecular formula is C19H23NO2. The van der Waals surface area contributed by atoms with Crippen molar-refractivity contribution >= 4 is 6.09 Å². The van der Waals surface area contributed by atoms with E-state index in [1.807, 2.05) is 48.5 Å². The van der Waals surface area contributed by atoms with Gasteiger partial charge in [-0.25, -0.2) is 4.79 Å². The van der Waals surface area contributed by atoms with Gasteiger partial charge in [0.2, 0.25) is 0 Å². The molecule has 0 unspecified atom stereocenters. The van der Waals surface area contributed by atoms with Gasteiger partial charge in [0.25, 0.3) is 0 Å². The highest BCUT2D eigenvalue weighted by Crippen LogP contribution is 2.23. The second-order valence-corrected chi connectivity index (χ2v) is 5.27. The average molecular weight is 297 g/mol. The summed E-state index contributed by atoms with van der Waals surface area (Å²) >= 11 is 0. The summed E-state index contributed by atoms with van der Waals surface area (Å²) in [5, 5.41) is 2.79. The number of hydrogen-bond acceptors (Lipinski definition) is 2. The first-order valence-corrected chi connectivity index (χ1v) is 7.91. The molecule has 0 aromatic heterocycles. The summed E-state index contributed by atoms with van der Waals surface area (Å²) in [5.74, 6) is 0.562. The number of rotatable bonds is 7. The van der Waals surface area contributed by atoms with Crippen LogP contribution in [0.15, 0.2) is 54.6 Å². The summed E-state index contributed by atoms with van der Waals surface area (Å²) < 4.78 is 5.33. The predicted octanol–water partition coefficient (Wildman–Crippen LogP) is 5.02. The Bertz CT molecular complexity index is 581. The first-order valence-electron chi connectivity index (χ1n) is 7.91. The monoisotopic (exact) mass is 297 g/mol. The van der Waals surface area contributed by atoms with Crippen molar-refractivity contribution in [1.82, 2.24) is 5.32 Å². The molecular weight excluding hydrogens is 274 g/mol. The zero-order chi connectivity index (χ0) is 15.6. The van der Waals surface area contributed by atoms with E-state index in [9.17, 15) is 4.79 Å². The van der Waals surface area contributed by atoms with Crippen molar-refractivity contribution in [2.45, 2.75) is 32.6 Å².